The predicted molar refractivity (Wildman–Crippen MR) is 91.5 cm³/mol. The van der Waals surface area contributed by atoms with Crippen molar-refractivity contribution in [3.63, 3.8) is 0 Å². The van der Waals surface area contributed by atoms with E-state index in [2.05, 4.69) is 0 Å². The van der Waals surface area contributed by atoms with Crippen LogP contribution in [0.1, 0.15) is 15.9 Å². The lowest BCUT2D eigenvalue weighted by molar-refractivity contribution is 0.104. The van der Waals surface area contributed by atoms with Gasteiger partial charge in [-0.15, -0.1) is 0 Å². The summed E-state index contributed by atoms with van der Waals surface area (Å²) in [4.78, 5) is 25.5. The standard InChI is InChI=1S/C19H17NO4/c1-23-18-8-3-2-5-14(18)9-10-17(21)15-6-4-7-16(13-15)20-11-12-24-19(20)22/h2-10,13H,11-12H2,1H3/b10-9+. The van der Waals surface area contributed by atoms with Gasteiger partial charge in [0, 0.05) is 16.8 Å². The fourth-order valence-corrected chi connectivity index (χ4v) is 2.52. The van der Waals surface area contributed by atoms with Crippen molar-refractivity contribution < 1.29 is 19.1 Å². The molecule has 1 amide bonds. The summed E-state index contributed by atoms with van der Waals surface area (Å²) in [5.41, 5.74) is 2.00. The Morgan fingerprint density at radius 3 is 2.79 bits per heavy atom. The first kappa shape index (κ1) is 15.8. The normalized spacial score (nSPS) is 14.0. The lowest BCUT2D eigenvalue weighted by Gasteiger charge is -2.13. The number of carbonyl (C=O) groups excluding carboxylic acids is 2. The molecule has 1 fully saturated rings. The Morgan fingerprint density at radius 2 is 2.04 bits per heavy atom. The molecule has 2 aromatic rings. The van der Waals surface area contributed by atoms with Crippen LogP contribution in [-0.2, 0) is 4.74 Å². The van der Waals surface area contributed by atoms with Crippen molar-refractivity contribution in [3.8, 4) is 5.75 Å². The zero-order valence-corrected chi connectivity index (χ0v) is 13.3. The largest absolute Gasteiger partial charge is 0.496 e. The molecule has 0 saturated carbocycles. The van der Waals surface area contributed by atoms with Crippen LogP contribution in [0.3, 0.4) is 0 Å². The molecular formula is C19H17NO4. The van der Waals surface area contributed by atoms with E-state index in [4.69, 9.17) is 9.47 Å². The zero-order valence-electron chi connectivity index (χ0n) is 13.3. The van der Waals surface area contributed by atoms with Gasteiger partial charge in [-0.1, -0.05) is 30.3 Å². The van der Waals surface area contributed by atoms with E-state index in [0.717, 1.165) is 5.56 Å². The number of hydrogen-bond donors (Lipinski definition) is 0. The lowest BCUT2D eigenvalue weighted by atomic mass is 10.1. The Hall–Kier alpha value is -3.08. The zero-order chi connectivity index (χ0) is 16.9. The third-order valence-corrected chi connectivity index (χ3v) is 3.76. The summed E-state index contributed by atoms with van der Waals surface area (Å²) >= 11 is 0. The first-order valence-corrected chi connectivity index (χ1v) is 7.59. The molecule has 1 aliphatic rings. The molecule has 2 aromatic carbocycles. The van der Waals surface area contributed by atoms with Crippen LogP contribution in [0.15, 0.2) is 54.6 Å². The number of anilines is 1. The van der Waals surface area contributed by atoms with E-state index in [0.29, 0.717) is 30.2 Å². The second-order valence-electron chi connectivity index (χ2n) is 5.26. The van der Waals surface area contributed by atoms with Gasteiger partial charge in [-0.2, -0.15) is 0 Å². The van der Waals surface area contributed by atoms with Crippen LogP contribution < -0.4 is 9.64 Å². The predicted octanol–water partition coefficient (Wildman–Crippen LogP) is 3.55. The van der Waals surface area contributed by atoms with Crippen LogP contribution in [0.2, 0.25) is 0 Å². The molecule has 0 unspecified atom stereocenters. The first-order valence-electron chi connectivity index (χ1n) is 7.59. The maximum absolute atomic E-state index is 12.4. The molecule has 0 N–H and O–H groups in total. The summed E-state index contributed by atoms with van der Waals surface area (Å²) in [5.74, 6) is 0.561. The average molecular weight is 323 g/mol. The van der Waals surface area contributed by atoms with E-state index >= 15 is 0 Å². The highest BCUT2D eigenvalue weighted by molar-refractivity contribution is 6.07. The molecule has 1 saturated heterocycles. The van der Waals surface area contributed by atoms with Crippen LogP contribution in [0, 0.1) is 0 Å². The summed E-state index contributed by atoms with van der Waals surface area (Å²) in [7, 11) is 1.59. The molecule has 0 atom stereocenters. The second kappa shape index (κ2) is 7.00. The number of methoxy groups -OCH3 is 1. The number of nitrogens with zero attached hydrogens (tertiary/aromatic N) is 1. The Balaban J connectivity index is 1.80. The molecule has 1 heterocycles. The summed E-state index contributed by atoms with van der Waals surface area (Å²) in [6.45, 7) is 0.859. The third-order valence-electron chi connectivity index (χ3n) is 3.76. The van der Waals surface area contributed by atoms with Gasteiger partial charge in [0.2, 0.25) is 0 Å². The molecule has 1 aliphatic heterocycles. The average Bonchev–Trinajstić information content (AvgIpc) is 3.06. The molecule has 0 bridgehead atoms. The SMILES string of the molecule is COc1ccccc1/C=C/C(=O)c1cccc(N2CCOC2=O)c1. The molecule has 0 spiro atoms. The van der Waals surface area contributed by atoms with Crippen molar-refractivity contribution >= 4 is 23.6 Å². The van der Waals surface area contributed by atoms with Gasteiger partial charge in [0.1, 0.15) is 12.4 Å². The number of ketones is 1. The minimum absolute atomic E-state index is 0.143. The number of para-hydroxylation sites is 1. The van der Waals surface area contributed by atoms with Crippen LogP contribution in [0.5, 0.6) is 5.75 Å². The van der Waals surface area contributed by atoms with Gasteiger partial charge in [-0.05, 0) is 30.4 Å². The third kappa shape index (κ3) is 3.30. The van der Waals surface area contributed by atoms with E-state index in [1.165, 1.54) is 11.0 Å². The Kier molecular flexibility index (Phi) is 4.61. The highest BCUT2D eigenvalue weighted by atomic mass is 16.6. The number of hydrogen-bond acceptors (Lipinski definition) is 4. The number of rotatable bonds is 5. The topological polar surface area (TPSA) is 55.8 Å². The fraction of sp³-hybridized carbons (Fsp3) is 0.158. The highest BCUT2D eigenvalue weighted by Gasteiger charge is 2.23. The van der Waals surface area contributed by atoms with E-state index in [-0.39, 0.29) is 11.9 Å². The van der Waals surface area contributed by atoms with Crippen LogP contribution in [-0.4, -0.2) is 32.1 Å². The first-order chi connectivity index (χ1) is 11.7. The van der Waals surface area contributed by atoms with Gasteiger partial charge >= 0.3 is 6.09 Å². The lowest BCUT2D eigenvalue weighted by Crippen LogP contribution is -2.23. The molecule has 0 aliphatic carbocycles. The quantitative estimate of drug-likeness (QED) is 0.624. The molecule has 5 nitrogen and oxygen atoms in total. The Labute approximate surface area is 140 Å². The van der Waals surface area contributed by atoms with E-state index in [9.17, 15) is 9.59 Å². The Morgan fingerprint density at radius 1 is 1.21 bits per heavy atom. The molecule has 3 rings (SSSR count). The van der Waals surface area contributed by atoms with Crippen molar-refractivity contribution in [1.29, 1.82) is 0 Å². The number of carbonyl (C=O) groups is 2. The van der Waals surface area contributed by atoms with Crippen LogP contribution in [0.4, 0.5) is 10.5 Å². The summed E-state index contributed by atoms with van der Waals surface area (Å²) in [6.07, 6.45) is 2.83. The van der Waals surface area contributed by atoms with Crippen LogP contribution in [0.25, 0.3) is 6.08 Å². The second-order valence-corrected chi connectivity index (χ2v) is 5.26. The van der Waals surface area contributed by atoms with Gasteiger partial charge in [-0.25, -0.2) is 4.79 Å². The highest BCUT2D eigenvalue weighted by Crippen LogP contribution is 2.22. The van der Waals surface area contributed by atoms with Crippen molar-refractivity contribution in [2.45, 2.75) is 0 Å². The van der Waals surface area contributed by atoms with Crippen molar-refractivity contribution in [2.24, 2.45) is 0 Å². The summed E-state index contributed by atoms with van der Waals surface area (Å²) in [5, 5.41) is 0. The molecule has 0 aromatic heterocycles. The number of cyclic esters (lactones) is 1. The van der Waals surface area contributed by atoms with Crippen molar-refractivity contribution in [2.75, 3.05) is 25.2 Å². The van der Waals surface area contributed by atoms with Gasteiger partial charge < -0.3 is 9.47 Å². The molecule has 122 valence electrons. The monoisotopic (exact) mass is 323 g/mol. The molecule has 0 radical (unpaired) electrons. The number of amides is 1. The smallest absolute Gasteiger partial charge is 0.414 e. The van der Waals surface area contributed by atoms with Crippen LogP contribution >= 0.6 is 0 Å². The summed E-state index contributed by atoms with van der Waals surface area (Å²) in [6, 6.07) is 14.4. The molecule has 5 heteroatoms. The van der Waals surface area contributed by atoms with Gasteiger partial charge in [0.15, 0.2) is 5.78 Å². The molecular weight excluding hydrogens is 306 g/mol. The maximum atomic E-state index is 12.4. The van der Waals surface area contributed by atoms with Gasteiger partial charge in [0.25, 0.3) is 0 Å². The minimum Gasteiger partial charge on any atom is -0.496 e. The number of allylic oxidation sites excluding steroid dienone is 1. The van der Waals surface area contributed by atoms with Gasteiger partial charge in [-0.3, -0.25) is 9.69 Å². The fourth-order valence-electron chi connectivity index (χ4n) is 2.52. The minimum atomic E-state index is -0.385. The number of benzene rings is 2. The number of ether oxygens (including phenoxy) is 2. The van der Waals surface area contributed by atoms with E-state index < -0.39 is 0 Å². The Bertz CT molecular complexity index is 797. The summed E-state index contributed by atoms with van der Waals surface area (Å²) < 4.78 is 10.2. The van der Waals surface area contributed by atoms with Crippen molar-refractivity contribution in [3.05, 3.63) is 65.7 Å². The van der Waals surface area contributed by atoms with Gasteiger partial charge in [0.05, 0.1) is 13.7 Å². The van der Waals surface area contributed by atoms with E-state index in [1.807, 2.05) is 24.3 Å². The maximum Gasteiger partial charge on any atom is 0.414 e. The van der Waals surface area contributed by atoms with E-state index in [1.54, 1.807) is 37.5 Å². The molecule has 24 heavy (non-hydrogen) atoms. The van der Waals surface area contributed by atoms with Crippen molar-refractivity contribution in [1.82, 2.24) is 0 Å².